The summed E-state index contributed by atoms with van der Waals surface area (Å²) < 4.78 is 32.0. The smallest absolute Gasteiger partial charge is 0.272 e. The topological polar surface area (TPSA) is 104 Å². The van der Waals surface area contributed by atoms with Crippen LogP contribution in [0.5, 0.6) is 0 Å². The second-order valence-electron chi connectivity index (χ2n) is 7.78. The molecule has 1 saturated carbocycles. The molecule has 3 N–H and O–H groups in total. The quantitative estimate of drug-likeness (QED) is 0.651. The van der Waals surface area contributed by atoms with E-state index in [1.807, 2.05) is 24.3 Å². The molecular formula is C21H28N4O4S. The van der Waals surface area contributed by atoms with E-state index < -0.39 is 10.0 Å². The Bertz CT molecular complexity index is 959. The summed E-state index contributed by atoms with van der Waals surface area (Å²) >= 11 is 0. The summed E-state index contributed by atoms with van der Waals surface area (Å²) in [7, 11) is -3.63. The molecule has 2 fully saturated rings. The molecule has 0 bridgehead atoms. The van der Waals surface area contributed by atoms with E-state index in [0.29, 0.717) is 38.0 Å². The maximum atomic E-state index is 12.7. The highest BCUT2D eigenvalue weighted by atomic mass is 32.2. The second kappa shape index (κ2) is 9.20. The molecule has 1 saturated heterocycles. The molecule has 2 aromatic rings. The Kier molecular flexibility index (Phi) is 6.40. The number of carbonyl (C=O) groups is 1. The molecule has 0 spiro atoms. The Morgan fingerprint density at radius 3 is 2.40 bits per heavy atom. The van der Waals surface area contributed by atoms with Gasteiger partial charge in [-0.1, -0.05) is 19.3 Å². The van der Waals surface area contributed by atoms with Crippen molar-refractivity contribution in [2.24, 2.45) is 0 Å². The highest BCUT2D eigenvalue weighted by Crippen LogP contribution is 2.23. The normalized spacial score (nSPS) is 18.8. The van der Waals surface area contributed by atoms with Crippen LogP contribution in [0.2, 0.25) is 0 Å². The lowest BCUT2D eigenvalue weighted by atomic mass is 9.95. The van der Waals surface area contributed by atoms with Crippen LogP contribution < -0.4 is 10.6 Å². The van der Waals surface area contributed by atoms with E-state index in [0.717, 1.165) is 5.69 Å². The molecule has 9 heteroatoms. The Balaban J connectivity index is 1.37. The molecule has 2 heterocycles. The van der Waals surface area contributed by atoms with E-state index in [4.69, 9.17) is 4.74 Å². The van der Waals surface area contributed by atoms with Crippen LogP contribution >= 0.6 is 0 Å². The van der Waals surface area contributed by atoms with Gasteiger partial charge in [-0.25, -0.2) is 8.42 Å². The van der Waals surface area contributed by atoms with Gasteiger partial charge in [0.15, 0.2) is 0 Å². The Morgan fingerprint density at radius 1 is 1.03 bits per heavy atom. The molecule has 0 unspecified atom stereocenters. The highest BCUT2D eigenvalue weighted by molar-refractivity contribution is 7.89. The number of amides is 1. The van der Waals surface area contributed by atoms with E-state index >= 15 is 0 Å². The number of nitrogens with zero attached hydrogens (tertiary/aromatic N) is 1. The molecular weight excluding hydrogens is 404 g/mol. The number of rotatable bonds is 6. The summed E-state index contributed by atoms with van der Waals surface area (Å²) in [5.74, 6) is -0.383. The van der Waals surface area contributed by atoms with Crippen LogP contribution in [0.4, 0.5) is 11.4 Å². The van der Waals surface area contributed by atoms with Gasteiger partial charge in [0.05, 0.1) is 13.2 Å². The number of aromatic nitrogens is 1. The van der Waals surface area contributed by atoms with Crippen molar-refractivity contribution in [3.8, 4) is 0 Å². The summed E-state index contributed by atoms with van der Waals surface area (Å²) in [5.41, 5.74) is 1.89. The number of aromatic amines is 1. The zero-order chi connectivity index (χ0) is 21.0. The van der Waals surface area contributed by atoms with Crippen LogP contribution in [-0.2, 0) is 14.8 Å². The number of ether oxygens (including phenoxy) is 1. The number of nitrogens with one attached hydrogen (secondary N) is 3. The molecule has 1 aliphatic carbocycles. The summed E-state index contributed by atoms with van der Waals surface area (Å²) in [6.07, 6.45) is 7.60. The van der Waals surface area contributed by atoms with Crippen LogP contribution in [-0.4, -0.2) is 56.0 Å². The van der Waals surface area contributed by atoms with Gasteiger partial charge in [-0.2, -0.15) is 4.31 Å². The first kappa shape index (κ1) is 20.9. The first-order valence-electron chi connectivity index (χ1n) is 10.5. The minimum atomic E-state index is -3.63. The molecule has 1 aliphatic heterocycles. The Morgan fingerprint density at radius 2 is 1.70 bits per heavy atom. The SMILES string of the molecule is O=C(Nc1ccc(NC2CCCCC2)cc1)c1cc(S(=O)(=O)N2CCOCC2)c[nH]1. The van der Waals surface area contributed by atoms with E-state index in [2.05, 4.69) is 15.6 Å². The highest BCUT2D eigenvalue weighted by Gasteiger charge is 2.28. The molecule has 0 atom stereocenters. The molecule has 8 nitrogen and oxygen atoms in total. The fourth-order valence-electron chi connectivity index (χ4n) is 3.92. The molecule has 1 aromatic carbocycles. The van der Waals surface area contributed by atoms with Gasteiger partial charge in [0.25, 0.3) is 5.91 Å². The van der Waals surface area contributed by atoms with Crippen LogP contribution in [0.25, 0.3) is 0 Å². The second-order valence-corrected chi connectivity index (χ2v) is 9.71. The third kappa shape index (κ3) is 4.85. The van der Waals surface area contributed by atoms with E-state index in [-0.39, 0.29) is 16.5 Å². The number of benzene rings is 1. The number of hydrogen-bond donors (Lipinski definition) is 3. The van der Waals surface area contributed by atoms with Crippen molar-refractivity contribution in [3.63, 3.8) is 0 Å². The predicted octanol–water partition coefficient (Wildman–Crippen LogP) is 3.03. The van der Waals surface area contributed by atoms with Crippen molar-refractivity contribution in [3.05, 3.63) is 42.2 Å². The number of sulfonamides is 1. The van der Waals surface area contributed by atoms with E-state index in [1.165, 1.54) is 48.7 Å². The lowest BCUT2D eigenvalue weighted by Gasteiger charge is -2.25. The molecule has 4 rings (SSSR count). The molecule has 162 valence electrons. The Hall–Kier alpha value is -2.36. The van der Waals surface area contributed by atoms with Crippen LogP contribution in [0.3, 0.4) is 0 Å². The predicted molar refractivity (Wildman–Crippen MR) is 115 cm³/mol. The summed E-state index contributed by atoms with van der Waals surface area (Å²) in [5, 5.41) is 6.35. The van der Waals surface area contributed by atoms with Crippen LogP contribution in [0, 0.1) is 0 Å². The van der Waals surface area contributed by atoms with Crippen LogP contribution in [0.1, 0.15) is 42.6 Å². The Labute approximate surface area is 177 Å². The van der Waals surface area contributed by atoms with Gasteiger partial charge in [0.1, 0.15) is 10.6 Å². The fourth-order valence-corrected chi connectivity index (χ4v) is 5.32. The molecule has 0 radical (unpaired) electrons. The molecule has 30 heavy (non-hydrogen) atoms. The maximum absolute atomic E-state index is 12.7. The van der Waals surface area contributed by atoms with Gasteiger partial charge in [-0.05, 0) is 43.2 Å². The number of carbonyl (C=O) groups excluding carboxylic acids is 1. The third-order valence-corrected chi connectivity index (χ3v) is 7.50. The van der Waals surface area contributed by atoms with Gasteiger partial charge in [-0.3, -0.25) is 4.79 Å². The van der Waals surface area contributed by atoms with Crippen molar-refractivity contribution in [2.75, 3.05) is 36.9 Å². The first-order chi connectivity index (χ1) is 14.5. The van der Waals surface area contributed by atoms with Gasteiger partial charge < -0.3 is 20.4 Å². The summed E-state index contributed by atoms with van der Waals surface area (Å²) in [6, 6.07) is 9.49. The van der Waals surface area contributed by atoms with Crippen molar-refractivity contribution >= 4 is 27.3 Å². The van der Waals surface area contributed by atoms with E-state index in [1.54, 1.807) is 0 Å². The maximum Gasteiger partial charge on any atom is 0.272 e. The zero-order valence-corrected chi connectivity index (χ0v) is 17.7. The van der Waals surface area contributed by atoms with Crippen LogP contribution in [0.15, 0.2) is 41.4 Å². The van der Waals surface area contributed by atoms with Crippen molar-refractivity contribution in [1.29, 1.82) is 0 Å². The average Bonchev–Trinajstić information content (AvgIpc) is 3.28. The average molecular weight is 433 g/mol. The van der Waals surface area contributed by atoms with Crippen molar-refractivity contribution < 1.29 is 17.9 Å². The molecule has 1 amide bonds. The van der Waals surface area contributed by atoms with Gasteiger partial charge in [0, 0.05) is 36.7 Å². The van der Waals surface area contributed by atoms with Crippen molar-refractivity contribution in [2.45, 2.75) is 43.0 Å². The summed E-state index contributed by atoms with van der Waals surface area (Å²) in [4.78, 5) is 15.4. The van der Waals surface area contributed by atoms with Crippen molar-refractivity contribution in [1.82, 2.24) is 9.29 Å². The fraction of sp³-hybridized carbons (Fsp3) is 0.476. The third-order valence-electron chi connectivity index (χ3n) is 5.63. The molecule has 1 aromatic heterocycles. The minimum absolute atomic E-state index is 0.0848. The largest absolute Gasteiger partial charge is 0.382 e. The number of hydrogen-bond acceptors (Lipinski definition) is 5. The van der Waals surface area contributed by atoms with Gasteiger partial charge in [0.2, 0.25) is 10.0 Å². The monoisotopic (exact) mass is 432 g/mol. The number of H-pyrrole nitrogens is 1. The lowest BCUT2D eigenvalue weighted by molar-refractivity contribution is 0.0730. The molecule has 2 aliphatic rings. The number of morpholine rings is 1. The van der Waals surface area contributed by atoms with Gasteiger partial charge >= 0.3 is 0 Å². The zero-order valence-electron chi connectivity index (χ0n) is 16.9. The lowest BCUT2D eigenvalue weighted by Crippen LogP contribution is -2.40. The standard InChI is InChI=1S/C21H28N4O4S/c26-21(20-14-19(15-22-20)30(27,28)25-10-12-29-13-11-25)24-18-8-6-17(7-9-18)23-16-4-2-1-3-5-16/h6-9,14-16,22-23H,1-5,10-13H2,(H,24,26). The number of anilines is 2. The first-order valence-corrected chi connectivity index (χ1v) is 11.9. The van der Waals surface area contributed by atoms with Gasteiger partial charge in [-0.15, -0.1) is 0 Å². The van der Waals surface area contributed by atoms with E-state index in [9.17, 15) is 13.2 Å². The summed E-state index contributed by atoms with van der Waals surface area (Å²) in [6.45, 7) is 1.39. The minimum Gasteiger partial charge on any atom is -0.382 e.